The molecule has 2 amide bonds. The maximum absolute atomic E-state index is 14.8. The van der Waals surface area contributed by atoms with Crippen LogP contribution in [0.2, 0.25) is 5.02 Å². The van der Waals surface area contributed by atoms with Gasteiger partial charge in [0.05, 0.1) is 0 Å². The van der Waals surface area contributed by atoms with Crippen LogP contribution in [-0.2, 0) is 33.5 Å². The van der Waals surface area contributed by atoms with Crippen molar-refractivity contribution >= 4 is 23.4 Å². The summed E-state index contributed by atoms with van der Waals surface area (Å²) in [7, 11) is 1.42. The fourth-order valence-corrected chi connectivity index (χ4v) is 6.67. The van der Waals surface area contributed by atoms with Gasteiger partial charge >= 0.3 is 6.18 Å². The molecule has 5 atom stereocenters. The minimum Gasteiger partial charge on any atom is -0.337 e. The molecule has 0 N–H and O–H groups in total. The average Bonchev–Trinajstić information content (AvgIpc) is 3.37. The lowest BCUT2D eigenvalue weighted by molar-refractivity contribution is -0.228. The summed E-state index contributed by atoms with van der Waals surface area (Å²) in [5, 5.41) is 0.559. The van der Waals surface area contributed by atoms with Crippen LogP contribution >= 0.6 is 11.6 Å². The lowest BCUT2D eigenvalue weighted by Gasteiger charge is -2.44. The van der Waals surface area contributed by atoms with Gasteiger partial charge in [-0.3, -0.25) is 9.59 Å². The molecule has 0 spiro atoms. The molecular formula is C28H28ClF5N2O2. The van der Waals surface area contributed by atoms with E-state index in [0.717, 1.165) is 16.0 Å². The molecule has 0 aromatic heterocycles. The highest BCUT2D eigenvalue weighted by Gasteiger charge is 2.56. The van der Waals surface area contributed by atoms with Crippen LogP contribution in [0, 0.1) is 0 Å². The molecule has 2 saturated heterocycles. The first-order valence-corrected chi connectivity index (χ1v) is 13.0. The molecule has 2 heterocycles. The second-order valence-corrected chi connectivity index (χ2v) is 11.3. The Morgan fingerprint density at radius 3 is 2.42 bits per heavy atom. The van der Waals surface area contributed by atoms with E-state index in [2.05, 4.69) is 0 Å². The van der Waals surface area contributed by atoms with Gasteiger partial charge in [0.25, 0.3) is 5.91 Å². The highest BCUT2D eigenvalue weighted by molar-refractivity contribution is 6.30. The van der Waals surface area contributed by atoms with Gasteiger partial charge in [0, 0.05) is 36.5 Å². The number of carbonyl (C=O) groups excluding carboxylic acids is 2. The van der Waals surface area contributed by atoms with Gasteiger partial charge in [0.2, 0.25) is 11.6 Å². The number of fused-ring (bicyclic) bond motifs is 3. The first-order chi connectivity index (χ1) is 17.8. The highest BCUT2D eigenvalue weighted by Crippen LogP contribution is 2.51. The van der Waals surface area contributed by atoms with Gasteiger partial charge in [-0.05, 0) is 67.0 Å². The second-order valence-electron chi connectivity index (χ2n) is 10.8. The van der Waals surface area contributed by atoms with Gasteiger partial charge in [-0.1, -0.05) is 41.9 Å². The Bertz CT molecular complexity index is 1260. The number of hydrogen-bond acceptors (Lipinski definition) is 2. The van der Waals surface area contributed by atoms with Crippen molar-refractivity contribution in [3.8, 4) is 0 Å². The van der Waals surface area contributed by atoms with Crippen LogP contribution in [0.1, 0.15) is 48.4 Å². The number of rotatable bonds is 4. The van der Waals surface area contributed by atoms with Gasteiger partial charge in [-0.15, -0.1) is 0 Å². The number of benzene rings is 2. The van der Waals surface area contributed by atoms with E-state index in [-0.39, 0.29) is 18.4 Å². The van der Waals surface area contributed by atoms with Crippen LogP contribution in [-0.4, -0.2) is 59.6 Å². The average molecular weight is 555 g/mol. The zero-order valence-electron chi connectivity index (χ0n) is 21.0. The van der Waals surface area contributed by atoms with E-state index in [9.17, 15) is 31.5 Å². The smallest absolute Gasteiger partial charge is 0.337 e. The van der Waals surface area contributed by atoms with Crippen molar-refractivity contribution < 1.29 is 31.5 Å². The molecular weight excluding hydrogens is 527 g/mol. The largest absolute Gasteiger partial charge is 0.426 e. The maximum atomic E-state index is 14.8. The van der Waals surface area contributed by atoms with E-state index in [1.54, 1.807) is 23.1 Å². The highest BCUT2D eigenvalue weighted by atomic mass is 35.5. The Morgan fingerprint density at radius 1 is 1.13 bits per heavy atom. The molecule has 2 aliphatic heterocycles. The summed E-state index contributed by atoms with van der Waals surface area (Å²) in [5.74, 6) is -1.03. The van der Waals surface area contributed by atoms with Gasteiger partial charge < -0.3 is 9.80 Å². The molecule has 10 heteroatoms. The Labute approximate surface area is 222 Å². The maximum Gasteiger partial charge on any atom is 0.426 e. The van der Waals surface area contributed by atoms with Crippen molar-refractivity contribution in [3.63, 3.8) is 0 Å². The number of amides is 2. The molecule has 38 heavy (non-hydrogen) atoms. The molecule has 3 aliphatic rings. The number of halogens is 6. The Hall–Kier alpha value is -2.68. The molecule has 3 unspecified atom stereocenters. The Kier molecular flexibility index (Phi) is 6.52. The van der Waals surface area contributed by atoms with E-state index in [1.807, 2.05) is 12.1 Å². The lowest BCUT2D eigenvalue weighted by atomic mass is 9.63. The van der Waals surface area contributed by atoms with Gasteiger partial charge in [0.15, 0.2) is 6.17 Å². The van der Waals surface area contributed by atoms with Crippen molar-refractivity contribution in [2.45, 2.75) is 74.5 Å². The first-order valence-electron chi connectivity index (χ1n) is 12.6. The summed E-state index contributed by atoms with van der Waals surface area (Å²) >= 11 is 6.07. The van der Waals surface area contributed by atoms with Crippen LogP contribution in [0.3, 0.4) is 0 Å². The number of hydrogen-bond donors (Lipinski definition) is 0. The summed E-state index contributed by atoms with van der Waals surface area (Å²) in [6.45, 7) is 0.883. The molecule has 0 radical (unpaired) electrons. The fraction of sp³-hybridized carbons (Fsp3) is 0.500. The monoisotopic (exact) mass is 554 g/mol. The molecule has 0 saturated carbocycles. The van der Waals surface area contributed by atoms with Crippen molar-refractivity contribution in [3.05, 3.63) is 69.7 Å². The summed E-state index contributed by atoms with van der Waals surface area (Å²) in [5.41, 5.74) is -2.23. The first kappa shape index (κ1) is 26.9. The second kappa shape index (κ2) is 9.21. The van der Waals surface area contributed by atoms with E-state index >= 15 is 0 Å². The van der Waals surface area contributed by atoms with E-state index in [0.29, 0.717) is 49.7 Å². The quantitative estimate of drug-likeness (QED) is 0.456. The van der Waals surface area contributed by atoms with Crippen LogP contribution in [0.15, 0.2) is 42.5 Å². The number of carbonyl (C=O) groups is 2. The van der Waals surface area contributed by atoms with E-state index in [4.69, 9.17) is 11.6 Å². The number of nitrogens with zero attached hydrogens (tertiary/aromatic N) is 2. The minimum absolute atomic E-state index is 0.200. The molecule has 2 aromatic rings. The fourth-order valence-electron chi connectivity index (χ4n) is 6.54. The number of likely N-dealkylation sites (N-methyl/N-ethyl adjacent to an activating group) is 1. The third kappa shape index (κ3) is 4.17. The summed E-state index contributed by atoms with van der Waals surface area (Å²) < 4.78 is 69.3. The minimum atomic E-state index is -5.06. The molecule has 0 bridgehead atoms. The molecule has 204 valence electrons. The summed E-state index contributed by atoms with van der Waals surface area (Å²) in [6.07, 6.45) is -5.16. The predicted molar refractivity (Wildman–Crippen MR) is 132 cm³/mol. The standard InChI is InChI=1S/C28H28ClF5N2O2/c1-26(31,28(32,33)34)18-6-9-20-17(13-18)5-10-23-27(20,15-16-3-7-19(29)8-4-16)11-12-36(23)25(38)22-14-21(30)24(37)35(22)2/h3-4,6-9,13,21-23H,5,10-12,14-15H2,1-2H3/t21-,22-,23?,26?,27?/m0/s1. The van der Waals surface area contributed by atoms with Crippen LogP contribution in [0.25, 0.3) is 0 Å². The Morgan fingerprint density at radius 2 is 1.82 bits per heavy atom. The van der Waals surface area contributed by atoms with Crippen LogP contribution < -0.4 is 0 Å². The zero-order valence-corrected chi connectivity index (χ0v) is 21.8. The van der Waals surface area contributed by atoms with Crippen molar-refractivity contribution in [1.82, 2.24) is 9.80 Å². The molecule has 2 fully saturated rings. The molecule has 1 aliphatic carbocycles. The van der Waals surface area contributed by atoms with Gasteiger partial charge in [-0.25, -0.2) is 8.78 Å². The number of likely N-dealkylation sites (tertiary alicyclic amines) is 2. The summed E-state index contributed by atoms with van der Waals surface area (Å²) in [4.78, 5) is 28.6. The van der Waals surface area contributed by atoms with E-state index in [1.165, 1.54) is 19.2 Å². The van der Waals surface area contributed by atoms with Gasteiger partial charge in [0.1, 0.15) is 6.04 Å². The Balaban J connectivity index is 1.55. The third-order valence-electron chi connectivity index (χ3n) is 8.73. The number of aryl methyl sites for hydroxylation is 1. The lowest BCUT2D eigenvalue weighted by Crippen LogP contribution is -2.53. The van der Waals surface area contributed by atoms with Crippen molar-refractivity contribution in [1.29, 1.82) is 0 Å². The SMILES string of the molecule is CN1C(=O)[C@@H](F)C[C@H]1C(=O)N1CCC2(Cc3ccc(Cl)cc3)c3ccc(C(C)(F)C(F)(F)F)cc3CCC12. The predicted octanol–water partition coefficient (Wildman–Crippen LogP) is 5.68. The van der Waals surface area contributed by atoms with E-state index < -0.39 is 40.9 Å². The third-order valence-corrected chi connectivity index (χ3v) is 8.98. The van der Waals surface area contributed by atoms with Crippen molar-refractivity contribution in [2.75, 3.05) is 13.6 Å². The summed E-state index contributed by atoms with van der Waals surface area (Å²) in [6, 6.07) is 10.1. The van der Waals surface area contributed by atoms with Crippen LogP contribution in [0.5, 0.6) is 0 Å². The molecule has 4 nitrogen and oxygen atoms in total. The normalized spacial score (nSPS) is 28.7. The molecule has 5 rings (SSSR count). The topological polar surface area (TPSA) is 40.6 Å². The number of alkyl halides is 5. The van der Waals surface area contributed by atoms with Gasteiger partial charge in [-0.2, -0.15) is 13.2 Å². The van der Waals surface area contributed by atoms with Crippen molar-refractivity contribution in [2.24, 2.45) is 0 Å². The van der Waals surface area contributed by atoms with Crippen LogP contribution in [0.4, 0.5) is 22.0 Å². The zero-order chi connectivity index (χ0) is 27.6. The molecule has 2 aromatic carbocycles.